The number of rotatable bonds is 7. The van der Waals surface area contributed by atoms with Crippen molar-refractivity contribution in [2.45, 2.75) is 98.7 Å². The van der Waals surface area contributed by atoms with Gasteiger partial charge in [-0.05, 0) is 100 Å². The predicted molar refractivity (Wildman–Crippen MR) is 237 cm³/mol. The molecule has 0 spiro atoms. The average Bonchev–Trinajstić information content (AvgIpc) is 3.53. The number of hydrogen-bond donors (Lipinski definition) is 0. The molecule has 285 valence electrons. The van der Waals surface area contributed by atoms with E-state index >= 15 is 0 Å². The third-order valence-electron chi connectivity index (χ3n) is 11.1. The zero-order valence-corrected chi connectivity index (χ0v) is 38.0. The minimum absolute atomic E-state index is 0. The molecule has 0 unspecified atom stereocenters. The van der Waals surface area contributed by atoms with Gasteiger partial charge in [-0.15, -0.1) is 59.7 Å². The number of benzene rings is 4. The quantitative estimate of drug-likeness (QED) is 0.118. The van der Waals surface area contributed by atoms with E-state index in [-0.39, 0.29) is 20.1 Å². The number of hydrogen-bond acceptors (Lipinski definition) is 3. The molecule has 0 bridgehead atoms. The van der Waals surface area contributed by atoms with Crippen molar-refractivity contribution in [2.24, 2.45) is 5.92 Å². The van der Waals surface area contributed by atoms with Gasteiger partial charge in [-0.3, -0.25) is 0 Å². The first-order valence-corrected chi connectivity index (χ1v) is 24.2. The Balaban J connectivity index is 0.000000219. The van der Waals surface area contributed by atoms with Crippen LogP contribution in [-0.4, -0.2) is 18.0 Å². The van der Waals surface area contributed by atoms with E-state index in [0.29, 0.717) is 5.92 Å². The maximum absolute atomic E-state index is 4.80. The summed E-state index contributed by atoms with van der Waals surface area (Å²) in [5.41, 5.74) is 13.8. The molecule has 1 radical (unpaired) electrons. The minimum atomic E-state index is -1.34. The summed E-state index contributed by atoms with van der Waals surface area (Å²) < 4.78 is 2.62. The van der Waals surface area contributed by atoms with Gasteiger partial charge in [-0.2, -0.15) is 11.3 Å². The first kappa shape index (κ1) is 40.9. The molecule has 4 aromatic carbocycles. The summed E-state index contributed by atoms with van der Waals surface area (Å²) in [5.74, 6) is 1.36. The van der Waals surface area contributed by atoms with Crippen LogP contribution >= 0.6 is 11.3 Å². The summed E-state index contributed by atoms with van der Waals surface area (Å²) in [6.45, 7) is 18.3. The van der Waals surface area contributed by atoms with Gasteiger partial charge in [0.15, 0.2) is 0 Å². The molecule has 8 rings (SSSR count). The first-order valence-electron chi connectivity index (χ1n) is 19.8. The largest absolute Gasteiger partial charge is 0.305 e. The molecular formula is C50H54IrN2SSi-2. The number of pyridine rings is 2. The van der Waals surface area contributed by atoms with E-state index < -0.39 is 8.07 Å². The van der Waals surface area contributed by atoms with Crippen LogP contribution < -0.4 is 5.19 Å². The van der Waals surface area contributed by atoms with E-state index in [1.54, 1.807) is 0 Å². The Hall–Kier alpha value is -3.73. The molecule has 2 nitrogen and oxygen atoms in total. The summed E-state index contributed by atoms with van der Waals surface area (Å²) in [4.78, 5) is 9.46. The molecule has 0 amide bonds. The topological polar surface area (TPSA) is 25.8 Å². The smallest absolute Gasteiger partial charge is 0.0799 e. The van der Waals surface area contributed by atoms with Crippen molar-refractivity contribution in [1.29, 1.82) is 0 Å². The monoisotopic (exact) mass is 935 g/mol. The molecule has 0 saturated heterocycles. The zero-order chi connectivity index (χ0) is 38.0. The molecule has 1 aliphatic rings. The second-order valence-corrected chi connectivity index (χ2v) is 22.9. The molecule has 1 aliphatic carbocycles. The molecule has 0 atom stereocenters. The third kappa shape index (κ3) is 9.29. The number of aromatic nitrogens is 2. The summed E-state index contributed by atoms with van der Waals surface area (Å²) in [6.07, 6.45) is 12.2. The average molecular weight is 935 g/mol. The van der Waals surface area contributed by atoms with Gasteiger partial charge in [0.05, 0.1) is 8.07 Å². The summed E-state index contributed by atoms with van der Waals surface area (Å²) in [5, 5.41) is 4.11. The van der Waals surface area contributed by atoms with E-state index in [1.807, 2.05) is 35.7 Å². The van der Waals surface area contributed by atoms with Crippen LogP contribution in [0.25, 0.3) is 53.8 Å². The Labute approximate surface area is 348 Å². The SMILES string of the molecule is CC(C)c1cc(-c2[c-]cccc2)ncc1[Si](C)(C)C.Cc1cc(C)c(-c2ccc3c(c2)sc2c(-c4cc(CC5CCCCC5)ccn4)[c-]ccc23)c(C)c1.[Ir]. The number of aryl methyl sites for hydroxylation is 3. The van der Waals surface area contributed by atoms with Crippen LogP contribution in [-0.2, 0) is 26.5 Å². The minimum Gasteiger partial charge on any atom is -0.305 e. The number of nitrogens with zero attached hydrogens (tertiary/aromatic N) is 2. The molecule has 1 saturated carbocycles. The zero-order valence-electron chi connectivity index (χ0n) is 33.8. The molecule has 7 aromatic rings. The van der Waals surface area contributed by atoms with Crippen molar-refractivity contribution in [3.05, 3.63) is 137 Å². The van der Waals surface area contributed by atoms with Gasteiger partial charge in [0.2, 0.25) is 0 Å². The van der Waals surface area contributed by atoms with Crippen molar-refractivity contribution in [3.63, 3.8) is 0 Å². The van der Waals surface area contributed by atoms with Gasteiger partial charge in [-0.1, -0.05) is 124 Å². The third-order valence-corrected chi connectivity index (χ3v) is 14.3. The molecular weight excluding hydrogens is 881 g/mol. The van der Waals surface area contributed by atoms with Crippen molar-refractivity contribution in [2.75, 3.05) is 0 Å². The van der Waals surface area contributed by atoms with Gasteiger partial charge in [0.25, 0.3) is 0 Å². The Morgan fingerprint density at radius 2 is 1.55 bits per heavy atom. The van der Waals surface area contributed by atoms with Crippen LogP contribution in [0.1, 0.15) is 79.7 Å². The molecule has 0 N–H and O–H groups in total. The fourth-order valence-corrected chi connectivity index (χ4v) is 11.4. The maximum Gasteiger partial charge on any atom is 0.0799 e. The van der Waals surface area contributed by atoms with E-state index in [2.05, 4.69) is 144 Å². The summed E-state index contributed by atoms with van der Waals surface area (Å²) in [7, 11) is -1.34. The molecule has 55 heavy (non-hydrogen) atoms. The van der Waals surface area contributed by atoms with Crippen molar-refractivity contribution in [1.82, 2.24) is 9.97 Å². The van der Waals surface area contributed by atoms with E-state index in [0.717, 1.165) is 28.4 Å². The van der Waals surface area contributed by atoms with Crippen LogP contribution in [0.3, 0.4) is 0 Å². The van der Waals surface area contributed by atoms with E-state index in [4.69, 9.17) is 4.98 Å². The van der Waals surface area contributed by atoms with Crippen LogP contribution in [0.2, 0.25) is 19.6 Å². The van der Waals surface area contributed by atoms with Crippen molar-refractivity contribution < 1.29 is 20.1 Å². The predicted octanol–water partition coefficient (Wildman–Crippen LogP) is 13.8. The Kier molecular flexibility index (Phi) is 13.1. The van der Waals surface area contributed by atoms with Gasteiger partial charge < -0.3 is 9.97 Å². The van der Waals surface area contributed by atoms with Gasteiger partial charge in [0.1, 0.15) is 0 Å². The molecule has 0 aliphatic heterocycles. The standard InChI is InChI=1S/C33H32NS.C17H22NSi.Ir/c1-21-16-22(2)32(23(3)17-21)26-12-13-27-28-10-7-11-29(33(28)35-31(27)20-26)30-19-25(14-15-34-30)18-24-8-5-4-6-9-24;1-13(2)15-11-16(14-9-7-6-8-10-14)18-12-17(15)19(3,4)5;/h7,10,12-17,19-20,24H,4-6,8-9,18H2,1-3H3;6-9,11-13H,1-5H3;/q2*-1;. The van der Waals surface area contributed by atoms with Gasteiger partial charge in [0, 0.05) is 37.2 Å². The fourth-order valence-electron chi connectivity index (χ4n) is 8.46. The molecule has 3 aromatic heterocycles. The Bertz CT molecular complexity index is 2380. The second kappa shape index (κ2) is 17.6. The Morgan fingerprint density at radius 3 is 2.24 bits per heavy atom. The first-order chi connectivity index (χ1) is 26.0. The van der Waals surface area contributed by atoms with Crippen molar-refractivity contribution in [3.8, 4) is 33.6 Å². The van der Waals surface area contributed by atoms with Gasteiger partial charge in [-0.25, -0.2) is 0 Å². The van der Waals surface area contributed by atoms with E-state index in [9.17, 15) is 0 Å². The van der Waals surface area contributed by atoms with Crippen LogP contribution in [0, 0.1) is 38.8 Å². The van der Waals surface area contributed by atoms with Crippen LogP contribution in [0.15, 0.2) is 97.3 Å². The Morgan fingerprint density at radius 1 is 0.782 bits per heavy atom. The second-order valence-electron chi connectivity index (χ2n) is 16.8. The van der Waals surface area contributed by atoms with Gasteiger partial charge >= 0.3 is 0 Å². The maximum atomic E-state index is 4.80. The summed E-state index contributed by atoms with van der Waals surface area (Å²) >= 11 is 1.88. The normalized spacial score (nSPS) is 13.5. The molecule has 1 fully saturated rings. The number of thiophene rings is 1. The molecule has 5 heteroatoms. The van der Waals surface area contributed by atoms with E-state index in [1.165, 1.54) is 103 Å². The summed E-state index contributed by atoms with van der Waals surface area (Å²) in [6, 6.07) is 37.4. The van der Waals surface area contributed by atoms with Crippen molar-refractivity contribution >= 4 is 44.8 Å². The fraction of sp³-hybridized carbons (Fsp3) is 0.320. The molecule has 3 heterocycles. The van der Waals surface area contributed by atoms with Crippen LogP contribution in [0.4, 0.5) is 0 Å². The number of fused-ring (bicyclic) bond motifs is 3. The van der Waals surface area contributed by atoms with Crippen LogP contribution in [0.5, 0.6) is 0 Å².